The molecule has 2 atom stereocenters. The molecule has 1 aliphatic heterocycles. The molecule has 2 aliphatic rings. The molecule has 0 amide bonds. The second kappa shape index (κ2) is 7.08. The first-order valence-electron chi connectivity index (χ1n) is 9.69. The summed E-state index contributed by atoms with van der Waals surface area (Å²) >= 11 is 0. The summed E-state index contributed by atoms with van der Waals surface area (Å²) < 4.78 is 47.6. The van der Waals surface area contributed by atoms with E-state index in [2.05, 4.69) is 30.7 Å². The van der Waals surface area contributed by atoms with Crippen molar-refractivity contribution in [1.82, 2.24) is 29.9 Å². The minimum Gasteiger partial charge on any atom is -0.495 e. The predicted molar refractivity (Wildman–Crippen MR) is 103 cm³/mol. The number of nitrogens with one attached hydrogen (secondary N) is 2. The summed E-state index contributed by atoms with van der Waals surface area (Å²) in [5, 5.41) is 10.5. The molecule has 4 heterocycles. The van der Waals surface area contributed by atoms with E-state index >= 15 is 0 Å². The van der Waals surface area contributed by atoms with Gasteiger partial charge in [0.05, 0.1) is 25.0 Å². The first-order chi connectivity index (χ1) is 14.4. The van der Waals surface area contributed by atoms with Gasteiger partial charge in [-0.2, -0.15) is 5.10 Å². The van der Waals surface area contributed by atoms with Crippen LogP contribution in [0.5, 0.6) is 5.75 Å². The Morgan fingerprint density at radius 2 is 2.10 bits per heavy atom. The van der Waals surface area contributed by atoms with Crippen LogP contribution < -0.4 is 15.4 Å². The Morgan fingerprint density at radius 1 is 1.27 bits per heavy atom. The van der Waals surface area contributed by atoms with Crippen LogP contribution in [-0.4, -0.2) is 62.9 Å². The van der Waals surface area contributed by atoms with Crippen LogP contribution in [0.1, 0.15) is 24.5 Å². The molecule has 30 heavy (non-hydrogen) atoms. The van der Waals surface area contributed by atoms with Gasteiger partial charge in [0.2, 0.25) is 11.9 Å². The lowest BCUT2D eigenvalue weighted by Gasteiger charge is -2.34. The normalized spacial score (nSPS) is 23.5. The van der Waals surface area contributed by atoms with E-state index in [0.717, 1.165) is 0 Å². The third kappa shape index (κ3) is 3.32. The number of ether oxygens (including phenoxy) is 1. The van der Waals surface area contributed by atoms with Gasteiger partial charge in [-0.3, -0.25) is 0 Å². The molecule has 3 aromatic heterocycles. The molecule has 1 saturated heterocycles. The molecule has 158 valence electrons. The zero-order chi connectivity index (χ0) is 20.9. The van der Waals surface area contributed by atoms with Gasteiger partial charge >= 0.3 is 0 Å². The fraction of sp³-hybridized carbons (Fsp3) is 0.474. The van der Waals surface area contributed by atoms with E-state index in [1.165, 1.54) is 7.11 Å². The standard InChI is InChI=1S/C19H20F3N7O/c1-30-15-4-16-25-9-14(29(16)28-17(15)10-5-19(21,22)6-10)12-2-3-24-18(26-12)27-13-8-23-7-11(13)20/h2-4,9-11,13,23H,5-8H2,1H3,(H,24,26,27)/t11-,13-/m0/s1. The predicted octanol–water partition coefficient (Wildman–Crippen LogP) is 2.43. The topological polar surface area (TPSA) is 89.3 Å². The molecule has 0 bridgehead atoms. The fourth-order valence-corrected chi connectivity index (χ4v) is 3.91. The highest BCUT2D eigenvalue weighted by Crippen LogP contribution is 2.49. The minimum atomic E-state index is -2.67. The molecule has 3 aromatic rings. The summed E-state index contributed by atoms with van der Waals surface area (Å²) in [6, 6.07) is 2.97. The summed E-state index contributed by atoms with van der Waals surface area (Å²) in [7, 11) is 1.48. The number of hydrogen-bond acceptors (Lipinski definition) is 7. The largest absolute Gasteiger partial charge is 0.495 e. The summed E-state index contributed by atoms with van der Waals surface area (Å²) in [5.74, 6) is -2.31. The molecule has 2 N–H and O–H groups in total. The molecule has 2 fully saturated rings. The Kier molecular flexibility index (Phi) is 4.49. The molecule has 0 radical (unpaired) electrons. The van der Waals surface area contributed by atoms with Gasteiger partial charge in [-0.1, -0.05) is 0 Å². The van der Waals surface area contributed by atoms with Gasteiger partial charge in [-0.15, -0.1) is 0 Å². The molecule has 0 spiro atoms. The maximum atomic E-state index is 13.9. The molecule has 1 aliphatic carbocycles. The van der Waals surface area contributed by atoms with Gasteiger partial charge < -0.3 is 15.4 Å². The first kappa shape index (κ1) is 19.0. The van der Waals surface area contributed by atoms with Crippen LogP contribution in [0, 0.1) is 0 Å². The van der Waals surface area contributed by atoms with Crippen LogP contribution in [-0.2, 0) is 0 Å². The van der Waals surface area contributed by atoms with Crippen LogP contribution in [0.25, 0.3) is 17.0 Å². The number of hydrogen-bond donors (Lipinski definition) is 2. The van der Waals surface area contributed by atoms with E-state index in [1.54, 1.807) is 29.0 Å². The molecule has 1 saturated carbocycles. The summed E-state index contributed by atoms with van der Waals surface area (Å²) in [5.41, 5.74) is 2.09. The third-order valence-electron chi connectivity index (χ3n) is 5.55. The van der Waals surface area contributed by atoms with Gasteiger partial charge in [0.1, 0.15) is 23.3 Å². The summed E-state index contributed by atoms with van der Waals surface area (Å²) in [4.78, 5) is 13.0. The van der Waals surface area contributed by atoms with Gasteiger partial charge in [0, 0.05) is 44.1 Å². The Hall–Kier alpha value is -2.95. The number of imidazole rings is 1. The highest BCUT2D eigenvalue weighted by atomic mass is 19.3. The van der Waals surface area contributed by atoms with Crippen molar-refractivity contribution in [2.45, 2.75) is 36.9 Å². The second-order valence-corrected chi connectivity index (χ2v) is 7.66. The van der Waals surface area contributed by atoms with Crippen molar-refractivity contribution in [2.75, 3.05) is 25.5 Å². The number of halogens is 3. The summed E-state index contributed by atoms with van der Waals surface area (Å²) in [6.07, 6.45) is 1.63. The van der Waals surface area contributed by atoms with E-state index in [0.29, 0.717) is 47.5 Å². The van der Waals surface area contributed by atoms with Crippen molar-refractivity contribution >= 4 is 11.6 Å². The lowest BCUT2D eigenvalue weighted by molar-refractivity contribution is -0.0881. The number of aromatic nitrogens is 5. The van der Waals surface area contributed by atoms with Crippen molar-refractivity contribution in [3.8, 4) is 17.1 Å². The zero-order valence-corrected chi connectivity index (χ0v) is 16.1. The minimum absolute atomic E-state index is 0.257. The molecular formula is C19H20F3N7O. The number of methoxy groups -OCH3 is 1. The first-order valence-corrected chi connectivity index (χ1v) is 9.69. The Balaban J connectivity index is 1.49. The second-order valence-electron chi connectivity index (χ2n) is 7.66. The SMILES string of the molecule is COc1cc2ncc(-c3ccnc(N[C@H]4CNC[C@@H]4F)n3)n2nc1C1CC(F)(F)C1. The van der Waals surface area contributed by atoms with E-state index in [1.807, 2.05) is 0 Å². The van der Waals surface area contributed by atoms with E-state index in [9.17, 15) is 13.2 Å². The molecule has 0 unspecified atom stereocenters. The number of fused-ring (bicyclic) bond motifs is 1. The van der Waals surface area contributed by atoms with Gasteiger partial charge in [-0.05, 0) is 6.07 Å². The summed E-state index contributed by atoms with van der Waals surface area (Å²) in [6.45, 7) is 0.778. The van der Waals surface area contributed by atoms with Gasteiger partial charge in [0.15, 0.2) is 5.65 Å². The monoisotopic (exact) mass is 419 g/mol. The maximum Gasteiger partial charge on any atom is 0.249 e. The van der Waals surface area contributed by atoms with Crippen molar-refractivity contribution in [3.63, 3.8) is 0 Å². The molecule has 8 nitrogen and oxygen atoms in total. The van der Waals surface area contributed by atoms with Crippen molar-refractivity contribution < 1.29 is 17.9 Å². The number of nitrogens with zero attached hydrogens (tertiary/aromatic N) is 5. The maximum absolute atomic E-state index is 13.9. The third-order valence-corrected chi connectivity index (χ3v) is 5.55. The fourth-order valence-electron chi connectivity index (χ4n) is 3.91. The van der Waals surface area contributed by atoms with Crippen LogP contribution in [0.4, 0.5) is 19.1 Å². The molecule has 0 aromatic carbocycles. The average molecular weight is 419 g/mol. The van der Waals surface area contributed by atoms with E-state index in [4.69, 9.17) is 4.74 Å². The van der Waals surface area contributed by atoms with Crippen LogP contribution in [0.3, 0.4) is 0 Å². The van der Waals surface area contributed by atoms with E-state index < -0.39 is 18.1 Å². The number of anilines is 1. The lowest BCUT2D eigenvalue weighted by atomic mass is 9.79. The van der Waals surface area contributed by atoms with Crippen LogP contribution in [0.2, 0.25) is 0 Å². The Labute approximate surface area is 169 Å². The van der Waals surface area contributed by atoms with Crippen molar-refractivity contribution in [3.05, 3.63) is 30.2 Å². The highest BCUT2D eigenvalue weighted by molar-refractivity contribution is 5.61. The Bertz CT molecular complexity index is 1080. The van der Waals surface area contributed by atoms with E-state index in [-0.39, 0.29) is 18.8 Å². The quantitative estimate of drug-likeness (QED) is 0.657. The molecule has 5 rings (SSSR count). The van der Waals surface area contributed by atoms with Crippen molar-refractivity contribution in [2.24, 2.45) is 0 Å². The van der Waals surface area contributed by atoms with Gasteiger partial charge in [0.25, 0.3) is 0 Å². The number of alkyl halides is 3. The highest BCUT2D eigenvalue weighted by Gasteiger charge is 2.47. The smallest absolute Gasteiger partial charge is 0.249 e. The lowest BCUT2D eigenvalue weighted by Crippen LogP contribution is -2.34. The molecular weight excluding hydrogens is 399 g/mol. The van der Waals surface area contributed by atoms with Crippen LogP contribution >= 0.6 is 0 Å². The molecule has 11 heteroatoms. The average Bonchev–Trinajstić information content (AvgIpc) is 3.31. The number of rotatable bonds is 5. The Morgan fingerprint density at radius 3 is 2.80 bits per heavy atom. The van der Waals surface area contributed by atoms with Crippen LogP contribution in [0.15, 0.2) is 24.5 Å². The van der Waals surface area contributed by atoms with Gasteiger partial charge in [-0.25, -0.2) is 32.6 Å². The zero-order valence-electron chi connectivity index (χ0n) is 16.1. The van der Waals surface area contributed by atoms with Crippen molar-refractivity contribution in [1.29, 1.82) is 0 Å².